The predicted molar refractivity (Wildman–Crippen MR) is 58.7 cm³/mol. The molecule has 2 rings (SSSR count). The standard InChI is InChI=1S/C11H8ClNO2/c1-15-11-4-10-8(3-9(11)12)2-7(6-14)5-13-10/h2-6H,1H3. The number of hydrogen-bond donors (Lipinski definition) is 0. The van der Waals surface area contributed by atoms with Gasteiger partial charge < -0.3 is 4.74 Å². The van der Waals surface area contributed by atoms with E-state index in [0.717, 1.165) is 17.2 Å². The fraction of sp³-hybridized carbons (Fsp3) is 0.0909. The number of methoxy groups -OCH3 is 1. The highest BCUT2D eigenvalue weighted by Crippen LogP contribution is 2.28. The number of pyridine rings is 1. The Kier molecular flexibility index (Phi) is 2.56. The van der Waals surface area contributed by atoms with Crippen LogP contribution in [-0.4, -0.2) is 18.4 Å². The van der Waals surface area contributed by atoms with E-state index >= 15 is 0 Å². The van der Waals surface area contributed by atoms with Gasteiger partial charge in [-0.25, -0.2) is 0 Å². The first kappa shape index (κ1) is 9.93. The maximum absolute atomic E-state index is 10.6. The van der Waals surface area contributed by atoms with Gasteiger partial charge in [0.2, 0.25) is 0 Å². The third-order valence-corrected chi connectivity index (χ3v) is 2.41. The number of hydrogen-bond acceptors (Lipinski definition) is 3. The van der Waals surface area contributed by atoms with Gasteiger partial charge in [-0.2, -0.15) is 0 Å². The van der Waals surface area contributed by atoms with Crippen LogP contribution in [0.2, 0.25) is 5.02 Å². The van der Waals surface area contributed by atoms with Crippen LogP contribution in [0.25, 0.3) is 10.9 Å². The molecule has 0 aliphatic carbocycles. The topological polar surface area (TPSA) is 39.2 Å². The maximum Gasteiger partial charge on any atom is 0.151 e. The van der Waals surface area contributed by atoms with Crippen LogP contribution in [0.1, 0.15) is 10.4 Å². The van der Waals surface area contributed by atoms with E-state index < -0.39 is 0 Å². The molecule has 1 aromatic carbocycles. The molecule has 0 spiro atoms. The van der Waals surface area contributed by atoms with E-state index in [1.165, 1.54) is 6.20 Å². The molecule has 0 aliphatic rings. The van der Waals surface area contributed by atoms with Crippen molar-refractivity contribution in [2.24, 2.45) is 0 Å². The zero-order chi connectivity index (χ0) is 10.8. The lowest BCUT2D eigenvalue weighted by Gasteiger charge is -2.04. The molecule has 15 heavy (non-hydrogen) atoms. The molecule has 0 bridgehead atoms. The zero-order valence-electron chi connectivity index (χ0n) is 8.03. The summed E-state index contributed by atoms with van der Waals surface area (Å²) in [4.78, 5) is 14.7. The first-order chi connectivity index (χ1) is 7.24. The van der Waals surface area contributed by atoms with E-state index in [1.54, 1.807) is 25.3 Å². The molecule has 0 unspecified atom stereocenters. The van der Waals surface area contributed by atoms with Crippen LogP contribution in [0.4, 0.5) is 0 Å². The van der Waals surface area contributed by atoms with Crippen molar-refractivity contribution in [1.29, 1.82) is 0 Å². The normalized spacial score (nSPS) is 10.3. The Labute approximate surface area is 91.6 Å². The van der Waals surface area contributed by atoms with E-state index in [-0.39, 0.29) is 0 Å². The SMILES string of the molecule is COc1cc2ncc(C=O)cc2cc1Cl. The van der Waals surface area contributed by atoms with Gasteiger partial charge in [0.15, 0.2) is 6.29 Å². The molecule has 0 amide bonds. The number of ether oxygens (including phenoxy) is 1. The van der Waals surface area contributed by atoms with Crippen LogP contribution < -0.4 is 4.74 Å². The minimum absolute atomic E-state index is 0.509. The summed E-state index contributed by atoms with van der Waals surface area (Å²) in [6.45, 7) is 0. The lowest BCUT2D eigenvalue weighted by molar-refractivity contribution is 0.112. The van der Waals surface area contributed by atoms with Crippen molar-refractivity contribution in [2.45, 2.75) is 0 Å². The molecule has 1 heterocycles. The third kappa shape index (κ3) is 1.78. The first-order valence-corrected chi connectivity index (χ1v) is 4.71. The first-order valence-electron chi connectivity index (χ1n) is 4.33. The summed E-state index contributed by atoms with van der Waals surface area (Å²) >= 11 is 5.96. The molecule has 4 heteroatoms. The minimum Gasteiger partial charge on any atom is -0.495 e. The lowest BCUT2D eigenvalue weighted by atomic mass is 10.1. The molecule has 0 aliphatic heterocycles. The quantitative estimate of drug-likeness (QED) is 0.732. The predicted octanol–water partition coefficient (Wildman–Crippen LogP) is 2.71. The molecule has 3 nitrogen and oxygen atoms in total. The molecular weight excluding hydrogens is 214 g/mol. The Morgan fingerprint density at radius 3 is 2.87 bits per heavy atom. The number of fused-ring (bicyclic) bond motifs is 1. The second-order valence-electron chi connectivity index (χ2n) is 3.07. The highest BCUT2D eigenvalue weighted by atomic mass is 35.5. The van der Waals surface area contributed by atoms with Crippen LogP contribution in [0.15, 0.2) is 24.4 Å². The summed E-state index contributed by atoms with van der Waals surface area (Å²) in [5.74, 6) is 0.579. The van der Waals surface area contributed by atoms with Gasteiger partial charge in [0, 0.05) is 23.2 Å². The fourth-order valence-corrected chi connectivity index (χ4v) is 1.62. The van der Waals surface area contributed by atoms with Crippen LogP contribution in [0.5, 0.6) is 5.75 Å². The number of halogens is 1. The van der Waals surface area contributed by atoms with Crippen LogP contribution in [0.3, 0.4) is 0 Å². The van der Waals surface area contributed by atoms with Crippen molar-refractivity contribution < 1.29 is 9.53 Å². The van der Waals surface area contributed by atoms with E-state index in [9.17, 15) is 4.79 Å². The van der Waals surface area contributed by atoms with E-state index in [2.05, 4.69) is 4.98 Å². The molecule has 2 aromatic rings. The molecule has 0 N–H and O–H groups in total. The lowest BCUT2D eigenvalue weighted by Crippen LogP contribution is -1.88. The summed E-state index contributed by atoms with van der Waals surface area (Å²) < 4.78 is 5.07. The number of aldehydes is 1. The number of aromatic nitrogens is 1. The smallest absolute Gasteiger partial charge is 0.151 e. The van der Waals surface area contributed by atoms with Crippen LogP contribution in [0, 0.1) is 0 Å². The highest BCUT2D eigenvalue weighted by Gasteiger charge is 2.04. The summed E-state index contributed by atoms with van der Waals surface area (Å²) in [5, 5.41) is 1.33. The Hall–Kier alpha value is -1.61. The Bertz CT molecular complexity index is 525. The number of carbonyl (C=O) groups is 1. The Balaban J connectivity index is 2.70. The third-order valence-electron chi connectivity index (χ3n) is 2.11. The largest absolute Gasteiger partial charge is 0.495 e. The van der Waals surface area contributed by atoms with Crippen molar-refractivity contribution >= 4 is 28.8 Å². The average Bonchev–Trinajstić information content (AvgIpc) is 2.27. The monoisotopic (exact) mass is 221 g/mol. The molecule has 0 atom stereocenters. The summed E-state index contributed by atoms with van der Waals surface area (Å²) in [6.07, 6.45) is 2.27. The maximum atomic E-state index is 10.6. The van der Waals surface area contributed by atoms with Crippen molar-refractivity contribution in [3.05, 3.63) is 35.0 Å². The summed E-state index contributed by atoms with van der Waals surface area (Å²) in [7, 11) is 1.55. The number of benzene rings is 1. The molecule has 0 radical (unpaired) electrons. The second-order valence-corrected chi connectivity index (χ2v) is 3.47. The highest BCUT2D eigenvalue weighted by molar-refractivity contribution is 6.32. The molecule has 0 saturated carbocycles. The van der Waals surface area contributed by atoms with Gasteiger partial charge in [0.05, 0.1) is 17.6 Å². The zero-order valence-corrected chi connectivity index (χ0v) is 8.78. The van der Waals surface area contributed by atoms with Gasteiger partial charge in [-0.05, 0) is 12.1 Å². The molecule has 76 valence electrons. The molecule has 1 aromatic heterocycles. The summed E-state index contributed by atoms with van der Waals surface area (Å²) in [6, 6.07) is 5.21. The number of rotatable bonds is 2. The van der Waals surface area contributed by atoms with Gasteiger partial charge in [0.1, 0.15) is 5.75 Å². The van der Waals surface area contributed by atoms with E-state index in [0.29, 0.717) is 16.3 Å². The van der Waals surface area contributed by atoms with Crippen molar-refractivity contribution in [3.8, 4) is 5.75 Å². The van der Waals surface area contributed by atoms with Gasteiger partial charge in [-0.3, -0.25) is 9.78 Å². The van der Waals surface area contributed by atoms with Crippen molar-refractivity contribution in [3.63, 3.8) is 0 Å². The van der Waals surface area contributed by atoms with Crippen LogP contribution >= 0.6 is 11.6 Å². The Morgan fingerprint density at radius 1 is 1.40 bits per heavy atom. The number of carbonyl (C=O) groups excluding carboxylic acids is 1. The van der Waals surface area contributed by atoms with E-state index in [1.807, 2.05) is 0 Å². The van der Waals surface area contributed by atoms with Gasteiger partial charge in [-0.1, -0.05) is 11.6 Å². The van der Waals surface area contributed by atoms with Gasteiger partial charge >= 0.3 is 0 Å². The van der Waals surface area contributed by atoms with Gasteiger partial charge in [0.25, 0.3) is 0 Å². The van der Waals surface area contributed by atoms with Crippen molar-refractivity contribution in [2.75, 3.05) is 7.11 Å². The second kappa shape index (κ2) is 3.87. The molecule has 0 fully saturated rings. The average molecular weight is 222 g/mol. The summed E-state index contributed by atoms with van der Waals surface area (Å²) in [5.41, 5.74) is 1.28. The van der Waals surface area contributed by atoms with Gasteiger partial charge in [-0.15, -0.1) is 0 Å². The Morgan fingerprint density at radius 2 is 2.20 bits per heavy atom. The molecule has 0 saturated heterocycles. The van der Waals surface area contributed by atoms with E-state index in [4.69, 9.17) is 16.3 Å². The van der Waals surface area contributed by atoms with Crippen molar-refractivity contribution in [1.82, 2.24) is 4.98 Å². The fourth-order valence-electron chi connectivity index (χ4n) is 1.37. The minimum atomic E-state index is 0.509. The molecular formula is C11H8ClNO2. The van der Waals surface area contributed by atoms with Crippen LogP contribution in [-0.2, 0) is 0 Å². The number of nitrogens with zero attached hydrogens (tertiary/aromatic N) is 1.